The molecule has 1 aliphatic rings. The van der Waals surface area contributed by atoms with E-state index in [1.54, 1.807) is 0 Å². The topological polar surface area (TPSA) is 44.0 Å². The van der Waals surface area contributed by atoms with Crippen molar-refractivity contribution in [3.8, 4) is 11.8 Å². The molecule has 2 rings (SSSR count). The molecular weight excluding hydrogens is 174 g/mol. The van der Waals surface area contributed by atoms with E-state index >= 15 is 0 Å². The van der Waals surface area contributed by atoms with Gasteiger partial charge in [-0.15, -0.1) is 0 Å². The number of hydrogen-bond donors (Lipinski definition) is 1. The van der Waals surface area contributed by atoms with E-state index in [0.717, 1.165) is 29.5 Å². The van der Waals surface area contributed by atoms with Crippen LogP contribution in [0.5, 0.6) is 5.75 Å². The Morgan fingerprint density at radius 2 is 1.79 bits per heavy atom. The second-order valence-corrected chi connectivity index (χ2v) is 4.15. The fourth-order valence-corrected chi connectivity index (χ4v) is 1.82. The van der Waals surface area contributed by atoms with Crippen LogP contribution in [0, 0.1) is 25.2 Å². The van der Waals surface area contributed by atoms with Gasteiger partial charge in [-0.2, -0.15) is 5.26 Å². The summed E-state index contributed by atoms with van der Waals surface area (Å²) in [6.07, 6.45) is 1.90. The first-order chi connectivity index (χ1) is 6.59. The lowest BCUT2D eigenvalue weighted by Gasteiger charge is -2.10. The van der Waals surface area contributed by atoms with Crippen molar-refractivity contribution < 1.29 is 5.11 Å². The van der Waals surface area contributed by atoms with Crippen molar-refractivity contribution in [3.05, 3.63) is 28.8 Å². The van der Waals surface area contributed by atoms with Crippen molar-refractivity contribution in [2.75, 3.05) is 0 Å². The van der Waals surface area contributed by atoms with Crippen LogP contribution in [0.3, 0.4) is 0 Å². The quantitative estimate of drug-likeness (QED) is 0.734. The molecule has 14 heavy (non-hydrogen) atoms. The molecule has 0 amide bonds. The van der Waals surface area contributed by atoms with Crippen LogP contribution in [0.4, 0.5) is 0 Å². The van der Waals surface area contributed by atoms with E-state index in [-0.39, 0.29) is 5.41 Å². The number of phenolic OH excluding ortho intramolecular Hbond substituents is 1. The van der Waals surface area contributed by atoms with Gasteiger partial charge in [-0.3, -0.25) is 0 Å². The van der Waals surface area contributed by atoms with Crippen molar-refractivity contribution in [2.45, 2.75) is 32.1 Å². The number of rotatable bonds is 1. The maximum atomic E-state index is 9.61. The van der Waals surface area contributed by atoms with Gasteiger partial charge >= 0.3 is 0 Å². The van der Waals surface area contributed by atoms with Crippen molar-refractivity contribution >= 4 is 0 Å². The standard InChI is InChI=1S/C12H13NO/c1-8-5-10(6-9(2)11(8)14)12(7-13)3-4-12/h5-6,14H,3-4H2,1-2H3. The number of benzene rings is 1. The van der Waals surface area contributed by atoms with Crippen molar-refractivity contribution in [2.24, 2.45) is 0 Å². The molecule has 1 aliphatic carbocycles. The van der Waals surface area contributed by atoms with Crippen molar-refractivity contribution in [3.63, 3.8) is 0 Å². The fourth-order valence-electron chi connectivity index (χ4n) is 1.82. The summed E-state index contributed by atoms with van der Waals surface area (Å²) in [6.45, 7) is 3.75. The van der Waals surface area contributed by atoms with Crippen LogP contribution in [0.15, 0.2) is 12.1 Å². The van der Waals surface area contributed by atoms with E-state index < -0.39 is 0 Å². The van der Waals surface area contributed by atoms with Gasteiger partial charge in [0.25, 0.3) is 0 Å². The number of aryl methyl sites for hydroxylation is 2. The average Bonchev–Trinajstić information content (AvgIpc) is 2.94. The van der Waals surface area contributed by atoms with Crippen molar-refractivity contribution in [1.29, 1.82) is 5.26 Å². The molecule has 0 spiro atoms. The molecule has 1 N–H and O–H groups in total. The number of nitriles is 1. The minimum Gasteiger partial charge on any atom is -0.507 e. The molecule has 0 aliphatic heterocycles. The highest BCUT2D eigenvalue weighted by molar-refractivity contribution is 5.48. The summed E-state index contributed by atoms with van der Waals surface area (Å²) < 4.78 is 0. The third-order valence-corrected chi connectivity index (χ3v) is 3.01. The lowest BCUT2D eigenvalue weighted by molar-refractivity contribution is 0.466. The highest BCUT2D eigenvalue weighted by atomic mass is 16.3. The van der Waals surface area contributed by atoms with Crippen LogP contribution in [0.2, 0.25) is 0 Å². The van der Waals surface area contributed by atoms with E-state index in [9.17, 15) is 5.11 Å². The number of aromatic hydroxyl groups is 1. The second-order valence-electron chi connectivity index (χ2n) is 4.15. The molecule has 0 radical (unpaired) electrons. The number of nitrogens with zero attached hydrogens (tertiary/aromatic N) is 1. The molecule has 1 aromatic carbocycles. The molecule has 2 heteroatoms. The molecule has 1 aromatic rings. The summed E-state index contributed by atoms with van der Waals surface area (Å²) in [4.78, 5) is 0. The Bertz CT molecular complexity index is 401. The lowest BCUT2D eigenvalue weighted by Crippen LogP contribution is -2.03. The highest BCUT2D eigenvalue weighted by Crippen LogP contribution is 2.48. The largest absolute Gasteiger partial charge is 0.507 e. The molecule has 0 saturated heterocycles. The van der Waals surface area contributed by atoms with Gasteiger partial charge in [0, 0.05) is 0 Å². The van der Waals surface area contributed by atoms with Gasteiger partial charge in [-0.05, 0) is 43.4 Å². The van der Waals surface area contributed by atoms with E-state index in [4.69, 9.17) is 5.26 Å². The predicted molar refractivity (Wildman–Crippen MR) is 54.1 cm³/mol. The zero-order chi connectivity index (χ0) is 10.3. The summed E-state index contributed by atoms with van der Waals surface area (Å²) in [5.41, 5.74) is 2.54. The summed E-state index contributed by atoms with van der Waals surface area (Å²) in [5, 5.41) is 18.7. The molecule has 0 heterocycles. The smallest absolute Gasteiger partial charge is 0.121 e. The molecule has 1 fully saturated rings. The molecule has 0 bridgehead atoms. The third kappa shape index (κ3) is 1.17. The Labute approximate surface area is 83.8 Å². The van der Waals surface area contributed by atoms with Gasteiger partial charge in [0.05, 0.1) is 11.5 Å². The average molecular weight is 187 g/mol. The predicted octanol–water partition coefficient (Wildman–Crippen LogP) is 2.56. The van der Waals surface area contributed by atoms with E-state index in [2.05, 4.69) is 6.07 Å². The van der Waals surface area contributed by atoms with E-state index in [1.165, 1.54) is 0 Å². The molecule has 0 aromatic heterocycles. The van der Waals surface area contributed by atoms with Gasteiger partial charge in [-0.1, -0.05) is 12.1 Å². The van der Waals surface area contributed by atoms with Gasteiger partial charge in [0.1, 0.15) is 5.75 Å². The highest BCUT2D eigenvalue weighted by Gasteiger charge is 2.45. The second kappa shape index (κ2) is 2.75. The minimum atomic E-state index is -0.247. The van der Waals surface area contributed by atoms with Crippen LogP contribution in [-0.2, 0) is 5.41 Å². The van der Waals surface area contributed by atoms with Crippen LogP contribution in [-0.4, -0.2) is 5.11 Å². The third-order valence-electron chi connectivity index (χ3n) is 3.01. The Balaban J connectivity index is 2.53. The number of hydrogen-bond acceptors (Lipinski definition) is 2. The summed E-state index contributed by atoms with van der Waals surface area (Å²) in [5.74, 6) is 0.350. The lowest BCUT2D eigenvalue weighted by atomic mass is 9.93. The molecule has 1 saturated carbocycles. The molecular formula is C12H13NO. The van der Waals surface area contributed by atoms with Crippen LogP contribution < -0.4 is 0 Å². The summed E-state index contributed by atoms with van der Waals surface area (Å²) in [7, 11) is 0. The first-order valence-corrected chi connectivity index (χ1v) is 4.81. The van der Waals surface area contributed by atoms with Crippen LogP contribution >= 0.6 is 0 Å². The number of phenols is 1. The maximum Gasteiger partial charge on any atom is 0.121 e. The first-order valence-electron chi connectivity index (χ1n) is 4.81. The molecule has 2 nitrogen and oxygen atoms in total. The summed E-state index contributed by atoms with van der Waals surface area (Å²) >= 11 is 0. The molecule has 72 valence electrons. The Morgan fingerprint density at radius 1 is 1.29 bits per heavy atom. The Kier molecular flexibility index (Phi) is 1.78. The monoisotopic (exact) mass is 187 g/mol. The summed E-state index contributed by atoms with van der Waals surface area (Å²) in [6, 6.07) is 6.22. The fraction of sp³-hybridized carbons (Fsp3) is 0.417. The Hall–Kier alpha value is -1.49. The minimum absolute atomic E-state index is 0.247. The van der Waals surface area contributed by atoms with Crippen molar-refractivity contribution in [1.82, 2.24) is 0 Å². The maximum absolute atomic E-state index is 9.61. The zero-order valence-corrected chi connectivity index (χ0v) is 8.46. The SMILES string of the molecule is Cc1cc(C2(C#N)CC2)cc(C)c1O. The Morgan fingerprint density at radius 3 is 2.14 bits per heavy atom. The molecule has 0 unspecified atom stereocenters. The molecule has 0 atom stereocenters. The zero-order valence-electron chi connectivity index (χ0n) is 8.46. The van der Waals surface area contributed by atoms with E-state index in [1.807, 2.05) is 26.0 Å². The van der Waals surface area contributed by atoms with Crippen LogP contribution in [0.1, 0.15) is 29.5 Å². The van der Waals surface area contributed by atoms with Gasteiger partial charge in [0.15, 0.2) is 0 Å². The van der Waals surface area contributed by atoms with Gasteiger partial charge in [-0.25, -0.2) is 0 Å². The van der Waals surface area contributed by atoms with Gasteiger partial charge in [0.2, 0.25) is 0 Å². The van der Waals surface area contributed by atoms with E-state index in [0.29, 0.717) is 5.75 Å². The van der Waals surface area contributed by atoms with Crippen LogP contribution in [0.25, 0.3) is 0 Å². The first kappa shape index (κ1) is 9.08. The van der Waals surface area contributed by atoms with Gasteiger partial charge < -0.3 is 5.11 Å². The normalized spacial score (nSPS) is 17.5.